The van der Waals surface area contributed by atoms with Gasteiger partial charge in [0.15, 0.2) is 0 Å². The zero-order valence-corrected chi connectivity index (χ0v) is 8.98. The van der Waals surface area contributed by atoms with Gasteiger partial charge in [-0.1, -0.05) is 0 Å². The molecule has 90 valence electrons. The van der Waals surface area contributed by atoms with Crippen LogP contribution in [0, 0.1) is 0 Å². The Morgan fingerprint density at radius 1 is 1.47 bits per heavy atom. The van der Waals surface area contributed by atoms with Crippen molar-refractivity contribution in [2.24, 2.45) is 0 Å². The molecule has 0 bridgehead atoms. The van der Waals surface area contributed by atoms with E-state index < -0.39 is 23.1 Å². The molecule has 1 N–H and O–H groups in total. The van der Waals surface area contributed by atoms with E-state index in [-0.39, 0.29) is 6.54 Å². The zero-order chi connectivity index (χ0) is 11.3. The van der Waals surface area contributed by atoms with Gasteiger partial charge in [-0.25, -0.2) is 8.42 Å². The Morgan fingerprint density at radius 2 is 2.07 bits per heavy atom. The molecule has 0 aromatic rings. The molecule has 1 fully saturated rings. The van der Waals surface area contributed by atoms with E-state index in [1.165, 1.54) is 0 Å². The Morgan fingerprint density at radius 3 is 2.60 bits per heavy atom. The lowest BCUT2D eigenvalue weighted by Gasteiger charge is -2.28. The second-order valence-corrected chi connectivity index (χ2v) is 4.31. The molecular weight excluding hydrogens is 226 g/mol. The van der Waals surface area contributed by atoms with Crippen molar-refractivity contribution in [1.82, 2.24) is 4.90 Å². The van der Waals surface area contributed by atoms with Crippen LogP contribution in [0.4, 0.5) is 0 Å². The normalized spacial score (nSPS) is 21.5. The standard InChI is InChI=1S/C7H15NO6S/c9-7(6-14-15(10,11)12)5-8-1-3-13-4-2-8/h7,9H,1-6H2,(H,10,11,12)/p-1. The highest BCUT2D eigenvalue weighted by atomic mass is 32.3. The van der Waals surface area contributed by atoms with Gasteiger partial charge < -0.3 is 14.4 Å². The number of hydrogen-bond donors (Lipinski definition) is 1. The van der Waals surface area contributed by atoms with Gasteiger partial charge in [0, 0.05) is 19.6 Å². The summed E-state index contributed by atoms with van der Waals surface area (Å²) in [4.78, 5) is 1.91. The number of rotatable bonds is 5. The molecule has 0 radical (unpaired) electrons. The van der Waals surface area contributed by atoms with Crippen LogP contribution in [0.25, 0.3) is 0 Å². The lowest BCUT2D eigenvalue weighted by atomic mass is 10.3. The third-order valence-electron chi connectivity index (χ3n) is 1.98. The van der Waals surface area contributed by atoms with Crippen LogP contribution >= 0.6 is 0 Å². The maximum Gasteiger partial charge on any atom is 0.217 e. The summed E-state index contributed by atoms with van der Waals surface area (Å²) in [5.74, 6) is 0. The zero-order valence-electron chi connectivity index (χ0n) is 8.16. The van der Waals surface area contributed by atoms with E-state index >= 15 is 0 Å². The lowest BCUT2D eigenvalue weighted by molar-refractivity contribution is 0.00403. The number of ether oxygens (including phenoxy) is 1. The van der Waals surface area contributed by atoms with Crippen LogP contribution in [-0.2, 0) is 19.3 Å². The molecule has 1 saturated heterocycles. The fourth-order valence-electron chi connectivity index (χ4n) is 1.30. The van der Waals surface area contributed by atoms with Crippen LogP contribution in [0.15, 0.2) is 0 Å². The minimum absolute atomic E-state index is 0.277. The van der Waals surface area contributed by atoms with Crippen molar-refractivity contribution in [2.45, 2.75) is 6.10 Å². The van der Waals surface area contributed by atoms with E-state index in [9.17, 15) is 18.1 Å². The van der Waals surface area contributed by atoms with Crippen molar-refractivity contribution >= 4 is 10.4 Å². The second kappa shape index (κ2) is 5.73. The minimum Gasteiger partial charge on any atom is -0.726 e. The first-order chi connectivity index (χ1) is 6.97. The van der Waals surface area contributed by atoms with Crippen molar-refractivity contribution in [3.8, 4) is 0 Å². The SMILES string of the molecule is O=S(=O)([O-])OCC(O)CN1CCOCC1. The van der Waals surface area contributed by atoms with Crippen LogP contribution in [-0.4, -0.2) is 68.5 Å². The topological polar surface area (TPSA) is 99.1 Å². The Kier molecular flexibility index (Phi) is 4.90. The van der Waals surface area contributed by atoms with Gasteiger partial charge in [0.1, 0.15) is 0 Å². The molecule has 7 nitrogen and oxygen atoms in total. The van der Waals surface area contributed by atoms with Gasteiger partial charge in [-0.05, 0) is 0 Å². The molecule has 0 aliphatic carbocycles. The number of β-amino-alcohol motifs (C(OH)–C–C–N with tert-alkyl or cyclic N) is 1. The first kappa shape index (κ1) is 12.8. The molecule has 1 unspecified atom stereocenters. The molecule has 0 saturated carbocycles. The largest absolute Gasteiger partial charge is 0.726 e. The van der Waals surface area contributed by atoms with Gasteiger partial charge in [-0.2, -0.15) is 0 Å². The highest BCUT2D eigenvalue weighted by molar-refractivity contribution is 7.80. The van der Waals surface area contributed by atoms with Gasteiger partial charge in [-0.3, -0.25) is 9.08 Å². The van der Waals surface area contributed by atoms with Gasteiger partial charge in [0.25, 0.3) is 0 Å². The van der Waals surface area contributed by atoms with Crippen molar-refractivity contribution in [1.29, 1.82) is 0 Å². The van der Waals surface area contributed by atoms with E-state index in [1.54, 1.807) is 0 Å². The summed E-state index contributed by atoms with van der Waals surface area (Å²) in [7, 11) is -4.71. The highest BCUT2D eigenvalue weighted by Crippen LogP contribution is 2.00. The number of nitrogens with zero attached hydrogens (tertiary/aromatic N) is 1. The quantitative estimate of drug-likeness (QED) is 0.445. The summed E-state index contributed by atoms with van der Waals surface area (Å²) in [6, 6.07) is 0. The first-order valence-electron chi connectivity index (χ1n) is 4.56. The molecule has 0 spiro atoms. The van der Waals surface area contributed by atoms with Crippen molar-refractivity contribution < 1.29 is 27.0 Å². The number of morpholine rings is 1. The summed E-state index contributed by atoms with van der Waals surface area (Å²) < 4.78 is 39.4. The molecule has 1 heterocycles. The summed E-state index contributed by atoms with van der Waals surface area (Å²) >= 11 is 0. The van der Waals surface area contributed by atoms with Gasteiger partial charge in [0.05, 0.1) is 25.9 Å². The lowest BCUT2D eigenvalue weighted by Crippen LogP contribution is -2.42. The Hall–Kier alpha value is -0.250. The smallest absolute Gasteiger partial charge is 0.217 e. The monoisotopic (exact) mass is 240 g/mol. The van der Waals surface area contributed by atoms with Crippen LogP contribution in [0.3, 0.4) is 0 Å². The molecule has 1 aliphatic heterocycles. The maximum absolute atomic E-state index is 10.1. The van der Waals surface area contributed by atoms with Gasteiger partial charge in [-0.15, -0.1) is 0 Å². The summed E-state index contributed by atoms with van der Waals surface area (Å²) in [6.45, 7) is 2.32. The minimum atomic E-state index is -4.71. The number of aliphatic hydroxyl groups excluding tert-OH is 1. The molecule has 1 atom stereocenters. The van der Waals surface area contributed by atoms with Crippen LogP contribution < -0.4 is 0 Å². The summed E-state index contributed by atoms with van der Waals surface area (Å²) in [5, 5.41) is 9.35. The van der Waals surface area contributed by atoms with E-state index in [0.29, 0.717) is 26.3 Å². The van der Waals surface area contributed by atoms with E-state index in [2.05, 4.69) is 4.18 Å². The van der Waals surface area contributed by atoms with Crippen LogP contribution in [0.2, 0.25) is 0 Å². The second-order valence-electron chi connectivity index (χ2n) is 3.26. The van der Waals surface area contributed by atoms with Crippen molar-refractivity contribution in [2.75, 3.05) is 39.5 Å². The molecule has 1 aliphatic rings. The Bertz CT molecular complexity index is 273. The fraction of sp³-hybridized carbons (Fsp3) is 1.00. The van der Waals surface area contributed by atoms with Crippen molar-refractivity contribution in [3.63, 3.8) is 0 Å². The van der Waals surface area contributed by atoms with Gasteiger partial charge >= 0.3 is 0 Å². The third kappa shape index (κ3) is 6.03. The molecule has 15 heavy (non-hydrogen) atoms. The van der Waals surface area contributed by atoms with Crippen molar-refractivity contribution in [3.05, 3.63) is 0 Å². The van der Waals surface area contributed by atoms with Crippen LogP contribution in [0.5, 0.6) is 0 Å². The molecular formula is C7H14NO6S-. The van der Waals surface area contributed by atoms with E-state index in [0.717, 1.165) is 0 Å². The molecule has 0 aromatic heterocycles. The molecule has 0 aromatic carbocycles. The molecule has 1 rings (SSSR count). The number of hydrogen-bond acceptors (Lipinski definition) is 7. The van der Waals surface area contributed by atoms with Gasteiger partial charge in [0.2, 0.25) is 10.4 Å². The molecule has 0 amide bonds. The highest BCUT2D eigenvalue weighted by Gasteiger charge is 2.15. The average molecular weight is 240 g/mol. The first-order valence-corrected chi connectivity index (χ1v) is 5.89. The predicted molar refractivity (Wildman–Crippen MR) is 48.9 cm³/mol. The van der Waals surface area contributed by atoms with E-state index in [1.807, 2.05) is 4.90 Å². The summed E-state index contributed by atoms with van der Waals surface area (Å²) in [5.41, 5.74) is 0. The maximum atomic E-state index is 10.1. The number of aliphatic hydroxyl groups is 1. The Labute approximate surface area is 88.5 Å². The third-order valence-corrected chi connectivity index (χ3v) is 2.40. The Balaban J connectivity index is 2.20. The van der Waals surface area contributed by atoms with E-state index in [4.69, 9.17) is 4.74 Å². The molecule has 8 heteroatoms. The summed E-state index contributed by atoms with van der Waals surface area (Å²) in [6.07, 6.45) is -0.980. The van der Waals surface area contributed by atoms with Crippen LogP contribution in [0.1, 0.15) is 0 Å². The average Bonchev–Trinajstić information content (AvgIpc) is 2.15. The predicted octanol–water partition coefficient (Wildman–Crippen LogP) is -1.84. The fourth-order valence-corrected chi connectivity index (χ4v) is 1.62.